The molecule has 0 unspecified atom stereocenters. The van der Waals surface area contributed by atoms with Crippen LogP contribution in [0, 0.1) is 5.41 Å². The zero-order valence-corrected chi connectivity index (χ0v) is 11.3. The van der Waals surface area contributed by atoms with Crippen LogP contribution in [0.3, 0.4) is 0 Å². The lowest BCUT2D eigenvalue weighted by molar-refractivity contribution is -0.127. The highest BCUT2D eigenvalue weighted by Crippen LogP contribution is 2.26. The van der Waals surface area contributed by atoms with Crippen molar-refractivity contribution >= 4 is 11.7 Å². The van der Waals surface area contributed by atoms with Crippen molar-refractivity contribution in [2.75, 3.05) is 6.54 Å². The van der Waals surface area contributed by atoms with E-state index in [-0.39, 0.29) is 11.7 Å². The Morgan fingerprint density at radius 1 is 1.58 bits per heavy atom. The molecule has 0 spiro atoms. The summed E-state index contributed by atoms with van der Waals surface area (Å²) in [6.07, 6.45) is 4.96. The summed E-state index contributed by atoms with van der Waals surface area (Å²) in [5, 5.41) is 14.6. The Morgan fingerprint density at radius 2 is 2.26 bits per heavy atom. The predicted molar refractivity (Wildman–Crippen MR) is 71.7 cm³/mol. The topological polar surface area (TPSA) is 116 Å². The highest BCUT2D eigenvalue weighted by Gasteiger charge is 2.39. The average Bonchev–Trinajstić information content (AvgIpc) is 2.93. The molecule has 0 aliphatic heterocycles. The Balaban J connectivity index is 2.63. The summed E-state index contributed by atoms with van der Waals surface area (Å²) in [4.78, 5) is 19.3. The summed E-state index contributed by atoms with van der Waals surface area (Å²) in [7, 11) is 0. The van der Waals surface area contributed by atoms with Crippen LogP contribution in [0.15, 0.2) is 17.5 Å². The lowest BCUT2D eigenvalue weighted by atomic mass is 9.80. The molecule has 0 aliphatic rings. The second-order valence-corrected chi connectivity index (χ2v) is 4.32. The highest BCUT2D eigenvalue weighted by molar-refractivity contribution is 6.06. The van der Waals surface area contributed by atoms with Crippen molar-refractivity contribution in [1.29, 1.82) is 0 Å². The molecule has 19 heavy (non-hydrogen) atoms. The quantitative estimate of drug-likeness (QED) is 0.251. The number of carbonyl (C=O) groups is 1. The summed E-state index contributed by atoms with van der Waals surface area (Å²) >= 11 is 0. The van der Waals surface area contributed by atoms with Crippen LogP contribution in [0.4, 0.5) is 0 Å². The molecule has 7 heteroatoms. The largest absolute Gasteiger partial charge is 0.409 e. The number of amides is 1. The van der Waals surface area contributed by atoms with Crippen molar-refractivity contribution in [1.82, 2.24) is 15.3 Å². The Labute approximate surface area is 112 Å². The predicted octanol–water partition coefficient (Wildman–Crippen LogP) is 0.621. The van der Waals surface area contributed by atoms with Crippen LogP contribution in [0.25, 0.3) is 0 Å². The number of oxime groups is 1. The molecule has 0 atom stereocenters. The lowest BCUT2D eigenvalue weighted by Gasteiger charge is -2.28. The van der Waals surface area contributed by atoms with E-state index in [9.17, 15) is 4.79 Å². The highest BCUT2D eigenvalue weighted by atomic mass is 16.4. The number of aromatic nitrogens is 2. The molecule has 0 aliphatic carbocycles. The third-order valence-corrected chi connectivity index (χ3v) is 3.44. The minimum atomic E-state index is -0.947. The van der Waals surface area contributed by atoms with E-state index in [1.54, 1.807) is 12.4 Å². The molecular formula is C12H21N5O2. The smallest absolute Gasteiger partial charge is 0.233 e. The van der Waals surface area contributed by atoms with Crippen LogP contribution >= 0.6 is 0 Å². The zero-order chi connectivity index (χ0) is 14.3. The SMILES string of the molecule is CCC(CC)(C(=O)NCCc1ncc[nH]1)/C(N)=N/O. The number of rotatable bonds is 7. The molecule has 1 heterocycles. The van der Waals surface area contributed by atoms with Crippen molar-refractivity contribution in [2.45, 2.75) is 33.1 Å². The van der Waals surface area contributed by atoms with Crippen LogP contribution < -0.4 is 11.1 Å². The minimum absolute atomic E-state index is 0.0481. The van der Waals surface area contributed by atoms with Gasteiger partial charge in [-0.25, -0.2) is 4.98 Å². The van der Waals surface area contributed by atoms with Crippen molar-refractivity contribution in [3.63, 3.8) is 0 Å². The molecule has 0 fully saturated rings. The number of hydrogen-bond acceptors (Lipinski definition) is 4. The number of carbonyl (C=O) groups excluding carboxylic acids is 1. The van der Waals surface area contributed by atoms with Gasteiger partial charge in [-0.05, 0) is 12.8 Å². The fraction of sp³-hybridized carbons (Fsp3) is 0.583. The van der Waals surface area contributed by atoms with Gasteiger partial charge in [0.1, 0.15) is 11.2 Å². The van der Waals surface area contributed by atoms with Crippen LogP contribution in [-0.4, -0.2) is 33.5 Å². The van der Waals surface area contributed by atoms with Gasteiger partial charge in [-0.1, -0.05) is 19.0 Å². The Morgan fingerprint density at radius 3 is 2.74 bits per heavy atom. The van der Waals surface area contributed by atoms with E-state index in [2.05, 4.69) is 20.4 Å². The number of H-pyrrole nitrogens is 1. The molecule has 5 N–H and O–H groups in total. The maximum atomic E-state index is 12.2. The first-order chi connectivity index (χ1) is 9.10. The molecule has 7 nitrogen and oxygen atoms in total. The molecule has 106 valence electrons. The van der Waals surface area contributed by atoms with E-state index in [1.165, 1.54) is 0 Å². The number of aromatic amines is 1. The van der Waals surface area contributed by atoms with Crippen LogP contribution in [0.2, 0.25) is 0 Å². The number of nitrogens with two attached hydrogens (primary N) is 1. The average molecular weight is 267 g/mol. The van der Waals surface area contributed by atoms with Crippen molar-refractivity contribution in [3.05, 3.63) is 18.2 Å². The van der Waals surface area contributed by atoms with E-state index >= 15 is 0 Å². The van der Waals surface area contributed by atoms with E-state index in [1.807, 2.05) is 13.8 Å². The summed E-state index contributed by atoms with van der Waals surface area (Å²) in [5.74, 6) is 0.537. The number of amidine groups is 1. The molecule has 1 aromatic rings. The molecule has 0 bridgehead atoms. The summed E-state index contributed by atoms with van der Waals surface area (Å²) in [6, 6.07) is 0. The second kappa shape index (κ2) is 6.77. The fourth-order valence-corrected chi connectivity index (χ4v) is 2.04. The fourth-order valence-electron chi connectivity index (χ4n) is 2.04. The molecule has 0 saturated heterocycles. The van der Waals surface area contributed by atoms with E-state index in [0.29, 0.717) is 25.8 Å². The van der Waals surface area contributed by atoms with Crippen molar-refractivity contribution in [2.24, 2.45) is 16.3 Å². The Hall–Kier alpha value is -2.05. The lowest BCUT2D eigenvalue weighted by Crippen LogP contribution is -2.49. The zero-order valence-electron chi connectivity index (χ0n) is 11.3. The van der Waals surface area contributed by atoms with Crippen LogP contribution in [0.1, 0.15) is 32.5 Å². The maximum Gasteiger partial charge on any atom is 0.233 e. The van der Waals surface area contributed by atoms with Crippen LogP contribution in [0.5, 0.6) is 0 Å². The normalized spacial score (nSPS) is 12.4. The van der Waals surface area contributed by atoms with Gasteiger partial charge in [0.2, 0.25) is 5.91 Å². The van der Waals surface area contributed by atoms with Gasteiger partial charge < -0.3 is 21.2 Å². The third-order valence-electron chi connectivity index (χ3n) is 3.44. The summed E-state index contributed by atoms with van der Waals surface area (Å²) < 4.78 is 0. The standard InChI is InChI=1S/C12H21N5O2/c1-3-12(4-2,10(13)17-19)11(18)16-6-5-9-14-7-8-15-9/h7-8,19H,3-6H2,1-2H3,(H2,13,17)(H,14,15)(H,16,18). The molecule has 1 rings (SSSR count). The summed E-state index contributed by atoms with van der Waals surface area (Å²) in [6.45, 7) is 4.13. The van der Waals surface area contributed by atoms with Gasteiger partial charge >= 0.3 is 0 Å². The number of nitrogens with one attached hydrogen (secondary N) is 2. The number of hydrogen-bond donors (Lipinski definition) is 4. The maximum absolute atomic E-state index is 12.2. The number of imidazole rings is 1. The van der Waals surface area contributed by atoms with Gasteiger partial charge in [-0.2, -0.15) is 0 Å². The van der Waals surface area contributed by atoms with Gasteiger partial charge in [-0.15, -0.1) is 0 Å². The van der Waals surface area contributed by atoms with E-state index in [0.717, 1.165) is 5.82 Å². The molecule has 0 radical (unpaired) electrons. The molecule has 1 amide bonds. The Kier molecular flexibility index (Phi) is 5.35. The molecular weight excluding hydrogens is 246 g/mol. The first-order valence-electron chi connectivity index (χ1n) is 6.35. The minimum Gasteiger partial charge on any atom is -0.409 e. The van der Waals surface area contributed by atoms with Gasteiger partial charge in [0.15, 0.2) is 5.84 Å². The van der Waals surface area contributed by atoms with Crippen molar-refractivity contribution in [3.8, 4) is 0 Å². The van der Waals surface area contributed by atoms with Crippen LogP contribution in [-0.2, 0) is 11.2 Å². The molecule has 0 aromatic carbocycles. The molecule has 0 saturated carbocycles. The Bertz CT molecular complexity index is 423. The first kappa shape index (κ1) is 15.0. The van der Waals surface area contributed by atoms with E-state index < -0.39 is 5.41 Å². The second-order valence-electron chi connectivity index (χ2n) is 4.32. The van der Waals surface area contributed by atoms with Gasteiger partial charge in [0.05, 0.1) is 0 Å². The van der Waals surface area contributed by atoms with E-state index in [4.69, 9.17) is 10.9 Å². The first-order valence-corrected chi connectivity index (χ1v) is 6.35. The third kappa shape index (κ3) is 3.24. The molecule has 1 aromatic heterocycles. The number of nitrogens with zero attached hydrogens (tertiary/aromatic N) is 2. The summed E-state index contributed by atoms with van der Waals surface area (Å²) in [5.41, 5.74) is 4.71. The van der Waals surface area contributed by atoms with Gasteiger partial charge in [0.25, 0.3) is 0 Å². The van der Waals surface area contributed by atoms with Crippen molar-refractivity contribution < 1.29 is 10.0 Å². The van der Waals surface area contributed by atoms with Gasteiger partial charge in [0, 0.05) is 25.4 Å². The monoisotopic (exact) mass is 267 g/mol. The van der Waals surface area contributed by atoms with Gasteiger partial charge in [-0.3, -0.25) is 4.79 Å².